The van der Waals surface area contributed by atoms with Crippen molar-refractivity contribution < 1.29 is 17.9 Å². The number of hydrogen-bond acceptors (Lipinski definition) is 5. The molecular weight excluding hydrogens is 371 g/mol. The Bertz CT molecular complexity index is 984. The maximum Gasteiger partial charge on any atom is 0.451 e. The van der Waals surface area contributed by atoms with Crippen LogP contribution in [0.4, 0.5) is 19.0 Å². The first-order valence-electron chi connectivity index (χ1n) is 7.79. The number of halogens is 4. The Morgan fingerprint density at radius 2 is 2.04 bits per heavy atom. The average molecular weight is 384 g/mol. The highest BCUT2D eigenvalue weighted by Crippen LogP contribution is 2.34. The third-order valence-corrected chi connectivity index (χ3v) is 4.20. The van der Waals surface area contributed by atoms with Crippen LogP contribution in [0.25, 0.3) is 16.9 Å². The number of aromatic nitrogens is 4. The van der Waals surface area contributed by atoms with E-state index in [9.17, 15) is 13.2 Å². The molecule has 1 N–H and O–H groups in total. The quantitative estimate of drug-likeness (QED) is 0.735. The third kappa shape index (κ3) is 3.03. The van der Waals surface area contributed by atoms with Gasteiger partial charge in [0.05, 0.1) is 12.8 Å². The Morgan fingerprint density at radius 3 is 2.69 bits per heavy atom. The van der Waals surface area contributed by atoms with E-state index in [0.717, 1.165) is 12.8 Å². The molecule has 1 aliphatic rings. The molecule has 2 heterocycles. The van der Waals surface area contributed by atoms with Crippen LogP contribution in [0.15, 0.2) is 24.5 Å². The first-order chi connectivity index (χ1) is 12.4. The van der Waals surface area contributed by atoms with Crippen LogP contribution in [0.1, 0.15) is 18.7 Å². The van der Waals surface area contributed by atoms with Gasteiger partial charge >= 0.3 is 6.18 Å². The first kappa shape index (κ1) is 16.9. The van der Waals surface area contributed by atoms with E-state index in [1.807, 2.05) is 0 Å². The highest BCUT2D eigenvalue weighted by atomic mass is 35.5. The number of rotatable bonds is 4. The summed E-state index contributed by atoms with van der Waals surface area (Å²) in [7, 11) is 1.46. The predicted octanol–water partition coefficient (Wildman–Crippen LogP) is 4.07. The molecule has 0 saturated heterocycles. The van der Waals surface area contributed by atoms with Crippen molar-refractivity contribution in [3.8, 4) is 11.4 Å². The van der Waals surface area contributed by atoms with E-state index in [-0.39, 0.29) is 23.0 Å². The van der Waals surface area contributed by atoms with Gasteiger partial charge in [0.1, 0.15) is 12.1 Å². The third-order valence-electron chi connectivity index (χ3n) is 3.97. The van der Waals surface area contributed by atoms with Crippen molar-refractivity contribution in [3.05, 3.63) is 35.4 Å². The number of nitrogens with one attached hydrogen (secondary N) is 1. The van der Waals surface area contributed by atoms with Crippen molar-refractivity contribution in [1.82, 2.24) is 19.5 Å². The molecule has 0 amide bonds. The van der Waals surface area contributed by atoms with Gasteiger partial charge in [-0.05, 0) is 31.0 Å². The zero-order valence-corrected chi connectivity index (χ0v) is 14.3. The molecule has 26 heavy (non-hydrogen) atoms. The Balaban J connectivity index is 1.95. The minimum atomic E-state index is -4.68. The minimum Gasteiger partial charge on any atom is -0.495 e. The van der Waals surface area contributed by atoms with Crippen molar-refractivity contribution in [1.29, 1.82) is 0 Å². The lowest BCUT2D eigenvalue weighted by atomic mass is 10.3. The zero-order chi connectivity index (χ0) is 18.5. The number of fused-ring (bicyclic) bond motifs is 1. The fraction of sp³-hybridized carbons (Fsp3) is 0.312. The number of benzene rings is 1. The fourth-order valence-electron chi connectivity index (χ4n) is 2.58. The average Bonchev–Trinajstić information content (AvgIpc) is 3.29. The molecule has 1 aromatic carbocycles. The lowest BCUT2D eigenvalue weighted by Gasteiger charge is -2.12. The number of anilines is 1. The molecular formula is C16H13ClF3N5O. The predicted molar refractivity (Wildman–Crippen MR) is 89.9 cm³/mol. The molecule has 1 aliphatic carbocycles. The molecule has 0 atom stereocenters. The number of ether oxygens (including phenoxy) is 1. The van der Waals surface area contributed by atoms with Crippen molar-refractivity contribution in [2.24, 2.45) is 0 Å². The summed E-state index contributed by atoms with van der Waals surface area (Å²) in [5.74, 6) is -0.724. The summed E-state index contributed by atoms with van der Waals surface area (Å²) in [5.41, 5.74) is 0.717. The molecule has 3 aromatic rings. The highest BCUT2D eigenvalue weighted by molar-refractivity contribution is 6.30. The van der Waals surface area contributed by atoms with E-state index >= 15 is 0 Å². The van der Waals surface area contributed by atoms with Crippen molar-refractivity contribution in [2.75, 3.05) is 12.4 Å². The lowest BCUT2D eigenvalue weighted by Crippen LogP contribution is -2.15. The fourth-order valence-corrected chi connectivity index (χ4v) is 2.74. The molecule has 4 rings (SSSR count). The Hall–Kier alpha value is -2.55. The van der Waals surface area contributed by atoms with Crippen LogP contribution in [0.5, 0.6) is 5.75 Å². The number of nitrogens with zero attached hydrogens (tertiary/aromatic N) is 4. The second-order valence-electron chi connectivity index (χ2n) is 5.92. The molecule has 6 nitrogen and oxygen atoms in total. The van der Waals surface area contributed by atoms with Gasteiger partial charge in [-0.15, -0.1) is 0 Å². The van der Waals surface area contributed by atoms with Gasteiger partial charge in [-0.3, -0.25) is 4.57 Å². The van der Waals surface area contributed by atoms with Gasteiger partial charge < -0.3 is 10.1 Å². The van der Waals surface area contributed by atoms with E-state index < -0.39 is 12.0 Å². The summed E-state index contributed by atoms with van der Waals surface area (Å²) in [6.07, 6.45) is -1.53. The van der Waals surface area contributed by atoms with Gasteiger partial charge in [0.2, 0.25) is 5.82 Å². The van der Waals surface area contributed by atoms with E-state index in [4.69, 9.17) is 16.3 Å². The van der Waals surface area contributed by atoms with Gasteiger partial charge in [0.25, 0.3) is 0 Å². The van der Waals surface area contributed by atoms with Crippen LogP contribution >= 0.6 is 11.6 Å². The lowest BCUT2D eigenvalue weighted by molar-refractivity contribution is -0.144. The van der Waals surface area contributed by atoms with Crippen molar-refractivity contribution in [3.63, 3.8) is 0 Å². The van der Waals surface area contributed by atoms with Gasteiger partial charge in [-0.2, -0.15) is 13.2 Å². The molecule has 0 spiro atoms. The Labute approximate surface area is 151 Å². The molecule has 0 bridgehead atoms. The number of hydrogen-bond donors (Lipinski definition) is 1. The minimum absolute atomic E-state index is 0.0241. The monoisotopic (exact) mass is 383 g/mol. The normalized spacial score (nSPS) is 14.7. The number of alkyl halides is 3. The smallest absolute Gasteiger partial charge is 0.451 e. The molecule has 2 aromatic heterocycles. The topological polar surface area (TPSA) is 64.9 Å². The SMILES string of the molecule is COc1ccc(Cl)cc1-n1cnc2c(NC3CC3)nc(C(F)(F)F)nc21. The van der Waals surface area contributed by atoms with Crippen LogP contribution in [-0.4, -0.2) is 32.7 Å². The molecule has 136 valence electrons. The second-order valence-corrected chi connectivity index (χ2v) is 6.35. The Kier molecular flexibility index (Phi) is 3.91. The highest BCUT2D eigenvalue weighted by Gasteiger charge is 2.37. The maximum atomic E-state index is 13.3. The second kappa shape index (κ2) is 6.01. The summed E-state index contributed by atoms with van der Waals surface area (Å²) in [5, 5.41) is 3.40. The standard InChI is InChI=1S/C16H13ClF3N5O/c1-26-11-5-2-8(17)6-10(11)25-7-21-12-13(22-9-3-4-9)23-15(16(18,19)20)24-14(12)25/h2,5-7,9H,3-4H2,1H3,(H,22,23,24). The summed E-state index contributed by atoms with van der Waals surface area (Å²) in [4.78, 5) is 11.6. The summed E-state index contributed by atoms with van der Waals surface area (Å²) >= 11 is 6.04. The van der Waals surface area contributed by atoms with E-state index in [2.05, 4.69) is 20.3 Å². The van der Waals surface area contributed by atoms with E-state index in [1.165, 1.54) is 18.0 Å². The first-order valence-corrected chi connectivity index (χ1v) is 8.17. The summed E-state index contributed by atoms with van der Waals surface area (Å²) < 4.78 is 46.5. The number of methoxy groups -OCH3 is 1. The molecule has 1 fully saturated rings. The maximum absolute atomic E-state index is 13.3. The molecule has 0 unspecified atom stereocenters. The molecule has 10 heteroatoms. The summed E-state index contributed by atoms with van der Waals surface area (Å²) in [6.45, 7) is 0. The van der Waals surface area contributed by atoms with Gasteiger partial charge in [0, 0.05) is 11.1 Å². The van der Waals surface area contributed by atoms with Crippen LogP contribution in [0.2, 0.25) is 5.02 Å². The van der Waals surface area contributed by atoms with Crippen molar-refractivity contribution in [2.45, 2.75) is 25.1 Å². The number of imidazole rings is 1. The van der Waals surface area contributed by atoms with E-state index in [1.54, 1.807) is 18.2 Å². The van der Waals surface area contributed by atoms with Gasteiger partial charge in [-0.1, -0.05) is 11.6 Å². The van der Waals surface area contributed by atoms with Crippen LogP contribution in [-0.2, 0) is 6.18 Å². The van der Waals surface area contributed by atoms with Crippen molar-refractivity contribution >= 4 is 28.6 Å². The van der Waals surface area contributed by atoms with Crippen LogP contribution in [0.3, 0.4) is 0 Å². The van der Waals surface area contributed by atoms with Gasteiger partial charge in [-0.25, -0.2) is 15.0 Å². The van der Waals surface area contributed by atoms with E-state index in [0.29, 0.717) is 16.5 Å². The molecule has 0 radical (unpaired) electrons. The Morgan fingerprint density at radius 1 is 1.27 bits per heavy atom. The molecule has 1 saturated carbocycles. The summed E-state index contributed by atoms with van der Waals surface area (Å²) in [6, 6.07) is 4.93. The zero-order valence-electron chi connectivity index (χ0n) is 13.5. The largest absolute Gasteiger partial charge is 0.495 e. The molecule has 0 aliphatic heterocycles. The van der Waals surface area contributed by atoms with Crippen LogP contribution in [0, 0.1) is 0 Å². The van der Waals surface area contributed by atoms with Crippen LogP contribution < -0.4 is 10.1 Å². The van der Waals surface area contributed by atoms with Gasteiger partial charge in [0.15, 0.2) is 17.0 Å².